The summed E-state index contributed by atoms with van der Waals surface area (Å²) in [6.07, 6.45) is 87.2. The predicted molar refractivity (Wildman–Crippen MR) is 342 cm³/mol. The van der Waals surface area contributed by atoms with E-state index in [9.17, 15) is 19.8 Å². The number of rotatable bonds is 65. The lowest BCUT2D eigenvalue weighted by Crippen LogP contribution is -2.45. The van der Waals surface area contributed by atoms with E-state index in [0.29, 0.717) is 25.9 Å². The van der Waals surface area contributed by atoms with E-state index < -0.39 is 12.1 Å². The zero-order valence-electron chi connectivity index (χ0n) is 52.4. The average molecular weight is 1090 g/mol. The van der Waals surface area contributed by atoms with Gasteiger partial charge in [-0.05, 0) is 83.5 Å². The van der Waals surface area contributed by atoms with E-state index in [1.54, 1.807) is 0 Å². The summed E-state index contributed by atoms with van der Waals surface area (Å²) in [5.41, 5.74) is 0. The Morgan fingerprint density at radius 3 is 1.01 bits per heavy atom. The second kappa shape index (κ2) is 67.3. The molecular formula is C72H135NO5. The summed E-state index contributed by atoms with van der Waals surface area (Å²) in [7, 11) is 0. The van der Waals surface area contributed by atoms with Gasteiger partial charge in [0.2, 0.25) is 5.91 Å². The molecule has 0 saturated heterocycles. The fourth-order valence-corrected chi connectivity index (χ4v) is 10.7. The third-order valence-electron chi connectivity index (χ3n) is 16.1. The zero-order valence-corrected chi connectivity index (χ0v) is 52.4. The Balaban J connectivity index is 3.43. The van der Waals surface area contributed by atoms with E-state index in [1.807, 2.05) is 0 Å². The summed E-state index contributed by atoms with van der Waals surface area (Å²) in [5.74, 6) is -0.0390. The standard InChI is InChI=1S/C72H135NO5/c1-3-5-7-9-11-13-15-17-19-20-21-31-34-37-40-44-48-52-56-60-64-70(75)69(68-74)73-71(76)65-61-57-53-49-45-41-38-35-32-29-27-25-23-22-24-26-28-30-33-36-39-43-47-51-55-59-63-67-78-72(77)66-62-58-54-50-46-42-18-16-14-12-10-8-6-4-2/h10,12,16,18,22-23,26,28,69-70,74-75H,3-9,11,13-15,17,19-21,24-25,27,29-68H2,1-2H3,(H,73,76)/b12-10-,18-16-,23-22-,28-26-. The van der Waals surface area contributed by atoms with Crippen LogP contribution in [0.4, 0.5) is 0 Å². The first-order valence-electron chi connectivity index (χ1n) is 34.9. The van der Waals surface area contributed by atoms with E-state index in [2.05, 4.69) is 67.8 Å². The van der Waals surface area contributed by atoms with Crippen LogP contribution in [0.5, 0.6) is 0 Å². The number of unbranched alkanes of at least 4 members (excludes halogenated alkanes) is 46. The average Bonchev–Trinajstić information content (AvgIpc) is 3.44. The van der Waals surface area contributed by atoms with Crippen LogP contribution in [-0.4, -0.2) is 47.4 Å². The molecule has 6 nitrogen and oxygen atoms in total. The first-order valence-corrected chi connectivity index (χ1v) is 34.9. The van der Waals surface area contributed by atoms with Gasteiger partial charge in [0.25, 0.3) is 0 Å². The molecule has 78 heavy (non-hydrogen) atoms. The van der Waals surface area contributed by atoms with Crippen molar-refractivity contribution in [1.29, 1.82) is 0 Å². The molecule has 0 heterocycles. The maximum Gasteiger partial charge on any atom is 0.305 e. The molecule has 0 spiro atoms. The van der Waals surface area contributed by atoms with Gasteiger partial charge in [-0.3, -0.25) is 9.59 Å². The Hall–Kier alpha value is -2.18. The van der Waals surface area contributed by atoms with Gasteiger partial charge in [0, 0.05) is 12.8 Å². The molecule has 0 aromatic rings. The molecular weight excluding hydrogens is 959 g/mol. The number of amides is 1. The van der Waals surface area contributed by atoms with Crippen molar-refractivity contribution in [3.8, 4) is 0 Å². The highest BCUT2D eigenvalue weighted by Gasteiger charge is 2.20. The van der Waals surface area contributed by atoms with Gasteiger partial charge in [-0.2, -0.15) is 0 Å². The number of hydrogen-bond donors (Lipinski definition) is 3. The molecule has 3 N–H and O–H groups in total. The van der Waals surface area contributed by atoms with Crippen LogP contribution in [0.1, 0.15) is 373 Å². The minimum Gasteiger partial charge on any atom is -0.466 e. The maximum absolute atomic E-state index is 12.5. The molecule has 0 aromatic heterocycles. The number of hydrogen-bond acceptors (Lipinski definition) is 5. The predicted octanol–water partition coefficient (Wildman–Crippen LogP) is 22.5. The summed E-state index contributed by atoms with van der Waals surface area (Å²) < 4.78 is 5.47. The van der Waals surface area contributed by atoms with Crippen LogP contribution in [0.3, 0.4) is 0 Å². The second-order valence-corrected chi connectivity index (χ2v) is 23.9. The van der Waals surface area contributed by atoms with Crippen LogP contribution in [0.25, 0.3) is 0 Å². The Morgan fingerprint density at radius 2 is 0.654 bits per heavy atom. The van der Waals surface area contributed by atoms with Crippen molar-refractivity contribution >= 4 is 11.9 Å². The van der Waals surface area contributed by atoms with Gasteiger partial charge in [0.15, 0.2) is 0 Å². The van der Waals surface area contributed by atoms with E-state index in [1.165, 1.54) is 283 Å². The van der Waals surface area contributed by atoms with Gasteiger partial charge in [-0.25, -0.2) is 0 Å². The lowest BCUT2D eigenvalue weighted by Gasteiger charge is -2.22. The lowest BCUT2D eigenvalue weighted by molar-refractivity contribution is -0.143. The quantitative estimate of drug-likeness (QED) is 0.0320. The van der Waals surface area contributed by atoms with Gasteiger partial charge < -0.3 is 20.3 Å². The molecule has 0 rings (SSSR count). The molecule has 0 bridgehead atoms. The molecule has 0 fully saturated rings. The molecule has 0 saturated carbocycles. The van der Waals surface area contributed by atoms with Crippen LogP contribution in [0.2, 0.25) is 0 Å². The van der Waals surface area contributed by atoms with Crippen molar-refractivity contribution in [3.63, 3.8) is 0 Å². The number of aliphatic hydroxyl groups is 2. The smallest absolute Gasteiger partial charge is 0.305 e. The number of aliphatic hydroxyl groups excluding tert-OH is 2. The number of ether oxygens (including phenoxy) is 1. The van der Waals surface area contributed by atoms with Crippen molar-refractivity contribution in [3.05, 3.63) is 48.6 Å². The highest BCUT2D eigenvalue weighted by molar-refractivity contribution is 5.76. The van der Waals surface area contributed by atoms with Crippen LogP contribution < -0.4 is 5.32 Å². The van der Waals surface area contributed by atoms with Gasteiger partial charge >= 0.3 is 5.97 Å². The highest BCUT2D eigenvalue weighted by Crippen LogP contribution is 2.18. The fraction of sp³-hybridized carbons (Fsp3) is 0.861. The molecule has 0 radical (unpaired) electrons. The molecule has 0 aromatic carbocycles. The molecule has 6 heteroatoms. The Kier molecular flexibility index (Phi) is 65.4. The van der Waals surface area contributed by atoms with Crippen molar-refractivity contribution in [2.45, 2.75) is 386 Å². The summed E-state index contributed by atoms with van der Waals surface area (Å²) in [4.78, 5) is 24.6. The first kappa shape index (κ1) is 75.8. The van der Waals surface area contributed by atoms with Gasteiger partial charge in [-0.1, -0.05) is 326 Å². The number of allylic oxidation sites excluding steroid dienone is 8. The second-order valence-electron chi connectivity index (χ2n) is 23.9. The summed E-state index contributed by atoms with van der Waals surface area (Å²) >= 11 is 0. The molecule has 458 valence electrons. The van der Waals surface area contributed by atoms with Gasteiger partial charge in [0.05, 0.1) is 25.4 Å². The molecule has 0 aliphatic carbocycles. The van der Waals surface area contributed by atoms with Crippen molar-refractivity contribution in [2.24, 2.45) is 0 Å². The zero-order chi connectivity index (χ0) is 56.4. The summed E-state index contributed by atoms with van der Waals surface area (Å²) in [6.45, 7) is 4.93. The molecule has 2 unspecified atom stereocenters. The number of carbonyl (C=O) groups excluding carboxylic acids is 2. The van der Waals surface area contributed by atoms with Crippen LogP contribution >= 0.6 is 0 Å². The Morgan fingerprint density at radius 1 is 0.359 bits per heavy atom. The van der Waals surface area contributed by atoms with Crippen molar-refractivity contribution in [2.75, 3.05) is 13.2 Å². The third kappa shape index (κ3) is 63.0. The minimum absolute atomic E-state index is 0.00389. The van der Waals surface area contributed by atoms with E-state index in [4.69, 9.17) is 4.74 Å². The minimum atomic E-state index is -0.668. The largest absolute Gasteiger partial charge is 0.466 e. The fourth-order valence-electron chi connectivity index (χ4n) is 10.7. The van der Waals surface area contributed by atoms with Crippen molar-refractivity contribution in [1.82, 2.24) is 5.32 Å². The highest BCUT2D eigenvalue weighted by atomic mass is 16.5. The van der Waals surface area contributed by atoms with E-state index >= 15 is 0 Å². The summed E-state index contributed by atoms with van der Waals surface area (Å²) in [6, 6.07) is -0.546. The SMILES string of the molecule is CCCC/C=C\C/C=C\CCCCCCCC(=O)OCCCCCCCCCCC/C=C\C/C=C\CCCCCCCCCCCCCC(=O)NC(CO)C(O)CCCCCCCCCCCCCCCCCCCCCC. The van der Waals surface area contributed by atoms with E-state index in [0.717, 1.165) is 57.8 Å². The lowest BCUT2D eigenvalue weighted by atomic mass is 10.0. The topological polar surface area (TPSA) is 95.9 Å². The van der Waals surface area contributed by atoms with Crippen LogP contribution in [0.15, 0.2) is 48.6 Å². The van der Waals surface area contributed by atoms with Gasteiger partial charge in [0.1, 0.15) is 0 Å². The monoisotopic (exact) mass is 1090 g/mol. The van der Waals surface area contributed by atoms with Gasteiger partial charge in [-0.15, -0.1) is 0 Å². The molecule has 2 atom stereocenters. The Bertz CT molecular complexity index is 1310. The van der Waals surface area contributed by atoms with Crippen molar-refractivity contribution < 1.29 is 24.5 Å². The van der Waals surface area contributed by atoms with Crippen LogP contribution in [0, 0.1) is 0 Å². The van der Waals surface area contributed by atoms with Crippen LogP contribution in [-0.2, 0) is 14.3 Å². The number of esters is 1. The molecule has 0 aliphatic heterocycles. The molecule has 0 aliphatic rings. The summed E-state index contributed by atoms with van der Waals surface area (Å²) in [5, 5.41) is 23.4. The third-order valence-corrected chi connectivity index (χ3v) is 16.1. The Labute approximate surface area is 486 Å². The first-order chi connectivity index (χ1) is 38.5. The number of nitrogens with one attached hydrogen (secondary N) is 1. The molecule has 1 amide bonds. The number of carbonyl (C=O) groups is 2. The maximum atomic E-state index is 12.5. The van der Waals surface area contributed by atoms with E-state index in [-0.39, 0.29) is 18.5 Å². The normalized spacial score (nSPS) is 12.8.